The summed E-state index contributed by atoms with van der Waals surface area (Å²) in [6, 6.07) is 16.4. The molecule has 32 heavy (non-hydrogen) atoms. The second-order valence-corrected chi connectivity index (χ2v) is 9.34. The highest BCUT2D eigenvalue weighted by atomic mass is 79.9. The molecule has 0 unspecified atom stereocenters. The van der Waals surface area contributed by atoms with Crippen LogP contribution in [0.1, 0.15) is 31.2 Å². The highest BCUT2D eigenvalue weighted by Crippen LogP contribution is 2.26. The molecule has 0 aliphatic heterocycles. The summed E-state index contributed by atoms with van der Waals surface area (Å²) >= 11 is 3.42. The van der Waals surface area contributed by atoms with E-state index in [-0.39, 0.29) is 12.1 Å². The zero-order valence-electron chi connectivity index (χ0n) is 18.4. The largest absolute Gasteiger partial charge is 0.362 e. The first kappa shape index (κ1) is 22.3. The molecule has 1 fully saturated rings. The Hall–Kier alpha value is -2.87. The second-order valence-electron chi connectivity index (χ2n) is 8.43. The van der Waals surface area contributed by atoms with Gasteiger partial charge in [-0.1, -0.05) is 40.2 Å². The molecule has 2 amide bonds. The summed E-state index contributed by atoms with van der Waals surface area (Å²) in [7, 11) is 3.99. The molecule has 0 atom stereocenters. The summed E-state index contributed by atoms with van der Waals surface area (Å²) in [6.07, 6.45) is 3.78. The van der Waals surface area contributed by atoms with Gasteiger partial charge < -0.3 is 20.9 Å². The summed E-state index contributed by atoms with van der Waals surface area (Å²) in [5, 5.41) is 10.6. The molecule has 8 heteroatoms. The Kier molecular flexibility index (Phi) is 7.09. The number of rotatable bonds is 6. The molecule has 1 aromatic heterocycles. The number of halogens is 1. The molecule has 0 saturated heterocycles. The third-order valence-corrected chi connectivity index (χ3v) is 6.30. The number of hydrogen-bond acceptors (Lipinski definition) is 5. The summed E-state index contributed by atoms with van der Waals surface area (Å²) in [4.78, 5) is 23.7. The minimum absolute atomic E-state index is 0.113. The van der Waals surface area contributed by atoms with Crippen molar-refractivity contribution in [2.75, 3.05) is 24.3 Å². The molecule has 1 saturated carbocycles. The number of carbonyl (C=O) groups is 1. The number of nitrogens with one attached hydrogen (secondary N) is 3. The van der Waals surface area contributed by atoms with Gasteiger partial charge in [-0.3, -0.25) is 0 Å². The molecule has 1 heterocycles. The Balaban J connectivity index is 1.27. The molecule has 168 valence electrons. The number of carbonyl (C=O) groups excluding carboxylic acids is 1. The van der Waals surface area contributed by atoms with Crippen LogP contribution < -0.4 is 20.9 Å². The minimum Gasteiger partial charge on any atom is -0.362 e. The number of nitrogens with zero attached hydrogens (tertiary/aromatic N) is 3. The quantitative estimate of drug-likeness (QED) is 0.461. The molecule has 0 bridgehead atoms. The normalized spacial score (nSPS) is 18.2. The average Bonchev–Trinajstić information content (AvgIpc) is 2.79. The van der Waals surface area contributed by atoms with Crippen molar-refractivity contribution >= 4 is 44.6 Å². The highest BCUT2D eigenvalue weighted by Gasteiger charge is 2.23. The van der Waals surface area contributed by atoms with Crippen LogP contribution in [0.15, 0.2) is 53.0 Å². The Bertz CT molecular complexity index is 1060. The van der Waals surface area contributed by atoms with E-state index < -0.39 is 0 Å². The monoisotopic (exact) mass is 496 g/mol. The van der Waals surface area contributed by atoms with E-state index in [0.717, 1.165) is 52.4 Å². The fourth-order valence-corrected chi connectivity index (χ4v) is 4.32. The molecule has 0 spiro atoms. The van der Waals surface area contributed by atoms with Gasteiger partial charge in [0.25, 0.3) is 0 Å². The van der Waals surface area contributed by atoms with Gasteiger partial charge in [-0.15, -0.1) is 0 Å². The molecule has 1 aliphatic rings. The standard InChI is InChI=1S/C24H29BrN6O/c1-31(2)22-20-5-3-4-6-21(20)29-23(30-22)27-18-11-13-19(14-12-18)28-24(32)26-15-16-7-9-17(25)10-8-16/h3-10,18-19H,11-15H2,1-2H3,(H2,26,28,32)(H,27,29,30)/t18-,19+. The first-order chi connectivity index (χ1) is 15.5. The van der Waals surface area contributed by atoms with Crippen LogP contribution in [0.3, 0.4) is 0 Å². The first-order valence-corrected chi connectivity index (χ1v) is 11.8. The molecule has 4 rings (SSSR count). The van der Waals surface area contributed by atoms with Crippen LogP contribution in [0, 0.1) is 0 Å². The van der Waals surface area contributed by atoms with E-state index in [1.54, 1.807) is 0 Å². The molecule has 3 N–H and O–H groups in total. The summed E-state index contributed by atoms with van der Waals surface area (Å²) in [5.41, 5.74) is 2.01. The van der Waals surface area contributed by atoms with Gasteiger partial charge in [0.15, 0.2) is 0 Å². The van der Waals surface area contributed by atoms with Crippen LogP contribution in [0.4, 0.5) is 16.6 Å². The number of anilines is 2. The summed E-state index contributed by atoms with van der Waals surface area (Å²) in [5.74, 6) is 1.58. The van der Waals surface area contributed by atoms with Crippen molar-refractivity contribution < 1.29 is 4.79 Å². The van der Waals surface area contributed by atoms with E-state index in [1.165, 1.54) is 0 Å². The van der Waals surface area contributed by atoms with Gasteiger partial charge in [0.05, 0.1) is 5.52 Å². The van der Waals surface area contributed by atoms with Crippen LogP contribution >= 0.6 is 15.9 Å². The number of urea groups is 1. The number of fused-ring (bicyclic) bond motifs is 1. The topological polar surface area (TPSA) is 82.2 Å². The number of hydrogen-bond donors (Lipinski definition) is 3. The SMILES string of the molecule is CN(C)c1nc(N[C@H]2CC[C@@H](NC(=O)NCc3ccc(Br)cc3)CC2)nc2ccccc12. The lowest BCUT2D eigenvalue weighted by Crippen LogP contribution is -2.44. The van der Waals surface area contributed by atoms with Gasteiger partial charge >= 0.3 is 6.03 Å². The van der Waals surface area contributed by atoms with Crippen LogP contribution in [0.5, 0.6) is 0 Å². The van der Waals surface area contributed by atoms with Gasteiger partial charge in [-0.2, -0.15) is 4.98 Å². The number of benzene rings is 2. The summed E-state index contributed by atoms with van der Waals surface area (Å²) in [6.45, 7) is 0.517. The Morgan fingerprint density at radius 1 is 1.00 bits per heavy atom. The van der Waals surface area contributed by atoms with E-state index in [2.05, 4.69) is 31.9 Å². The van der Waals surface area contributed by atoms with Crippen LogP contribution in [0.25, 0.3) is 10.9 Å². The van der Waals surface area contributed by atoms with E-state index in [1.807, 2.05) is 67.5 Å². The van der Waals surface area contributed by atoms with Gasteiger partial charge in [0, 0.05) is 42.6 Å². The zero-order chi connectivity index (χ0) is 22.5. The van der Waals surface area contributed by atoms with Crippen molar-refractivity contribution in [2.45, 2.75) is 44.3 Å². The average molecular weight is 497 g/mol. The fourth-order valence-electron chi connectivity index (χ4n) is 4.05. The van der Waals surface area contributed by atoms with Crippen molar-refractivity contribution in [3.05, 3.63) is 58.6 Å². The van der Waals surface area contributed by atoms with E-state index in [9.17, 15) is 4.79 Å². The smallest absolute Gasteiger partial charge is 0.315 e. The van der Waals surface area contributed by atoms with Crippen molar-refractivity contribution in [1.82, 2.24) is 20.6 Å². The molecule has 3 aromatic rings. The second kappa shape index (κ2) is 10.2. The van der Waals surface area contributed by atoms with Crippen LogP contribution in [-0.2, 0) is 6.54 Å². The predicted octanol–water partition coefficient (Wildman–Crippen LogP) is 4.68. The van der Waals surface area contributed by atoms with Gasteiger partial charge in [0.2, 0.25) is 5.95 Å². The fraction of sp³-hybridized carbons (Fsp3) is 0.375. The number of aromatic nitrogens is 2. The summed E-state index contributed by atoms with van der Waals surface area (Å²) < 4.78 is 1.03. The van der Waals surface area contributed by atoms with E-state index in [4.69, 9.17) is 9.97 Å². The highest BCUT2D eigenvalue weighted by molar-refractivity contribution is 9.10. The molecule has 1 aliphatic carbocycles. The molecular formula is C24H29BrN6O. The number of amides is 2. The minimum atomic E-state index is -0.113. The number of para-hydroxylation sites is 1. The molecular weight excluding hydrogens is 468 g/mol. The third-order valence-electron chi connectivity index (χ3n) is 5.77. The van der Waals surface area contributed by atoms with Gasteiger partial charge in [-0.25, -0.2) is 9.78 Å². The first-order valence-electron chi connectivity index (χ1n) is 11.0. The lowest BCUT2D eigenvalue weighted by molar-refractivity contribution is 0.231. The maximum Gasteiger partial charge on any atom is 0.315 e. The Morgan fingerprint density at radius 3 is 2.41 bits per heavy atom. The predicted molar refractivity (Wildman–Crippen MR) is 133 cm³/mol. The third kappa shape index (κ3) is 5.68. The van der Waals surface area contributed by atoms with E-state index in [0.29, 0.717) is 18.5 Å². The molecule has 7 nitrogen and oxygen atoms in total. The maximum absolute atomic E-state index is 12.3. The van der Waals surface area contributed by atoms with Crippen LogP contribution in [0.2, 0.25) is 0 Å². The van der Waals surface area contributed by atoms with Crippen molar-refractivity contribution in [3.8, 4) is 0 Å². The van der Waals surface area contributed by atoms with Gasteiger partial charge in [-0.05, 0) is 55.5 Å². The molecule has 2 aromatic carbocycles. The van der Waals surface area contributed by atoms with Gasteiger partial charge in [0.1, 0.15) is 5.82 Å². The van der Waals surface area contributed by atoms with Crippen molar-refractivity contribution in [2.24, 2.45) is 0 Å². The van der Waals surface area contributed by atoms with E-state index >= 15 is 0 Å². The maximum atomic E-state index is 12.3. The Labute approximate surface area is 197 Å². The van der Waals surface area contributed by atoms with Crippen LogP contribution in [-0.4, -0.2) is 42.2 Å². The lowest BCUT2D eigenvalue weighted by Gasteiger charge is -2.30. The molecule has 0 radical (unpaired) electrons. The zero-order valence-corrected chi connectivity index (χ0v) is 20.0. The van der Waals surface area contributed by atoms with Crippen molar-refractivity contribution in [1.29, 1.82) is 0 Å². The van der Waals surface area contributed by atoms with Crippen molar-refractivity contribution in [3.63, 3.8) is 0 Å². The Morgan fingerprint density at radius 2 is 1.69 bits per heavy atom. The lowest BCUT2D eigenvalue weighted by atomic mass is 9.91.